The Morgan fingerprint density at radius 3 is 2.52 bits per heavy atom. The number of carbonyl (C=O) groups is 1. The van der Waals surface area contributed by atoms with Crippen molar-refractivity contribution in [3.05, 3.63) is 58.2 Å². The lowest BCUT2D eigenvalue weighted by atomic mass is 10.1. The zero-order valence-corrected chi connectivity index (χ0v) is 11.6. The van der Waals surface area contributed by atoms with Gasteiger partial charge in [0.05, 0.1) is 10.6 Å². The molecule has 2 rings (SSSR count). The number of pyridine rings is 1. The van der Waals surface area contributed by atoms with Crippen molar-refractivity contribution in [3.63, 3.8) is 0 Å². The summed E-state index contributed by atoms with van der Waals surface area (Å²) in [5.41, 5.74) is 6.11. The van der Waals surface area contributed by atoms with Gasteiger partial charge in [0.2, 0.25) is 5.91 Å². The number of amides is 1. The fourth-order valence-corrected chi connectivity index (χ4v) is 1.90. The van der Waals surface area contributed by atoms with Crippen LogP contribution in [0.5, 0.6) is 0 Å². The average Bonchev–Trinajstić information content (AvgIpc) is 2.46. The molecule has 0 saturated heterocycles. The number of aromatic nitrogens is 1. The molecule has 0 aliphatic carbocycles. The summed E-state index contributed by atoms with van der Waals surface area (Å²) in [6, 6.07) is 7.35. The first-order valence-corrected chi connectivity index (χ1v) is 6.41. The normalized spacial score (nSPS) is 10.7. The molecular weight excluding hydrogens is 300 g/mol. The van der Waals surface area contributed by atoms with Crippen LogP contribution < -0.4 is 11.1 Å². The number of nitrogens with zero attached hydrogens (tertiary/aromatic N) is 1. The molecule has 0 unspecified atom stereocenters. The number of hydrogen-bond acceptors (Lipinski definition) is 3. The van der Waals surface area contributed by atoms with E-state index in [4.69, 9.17) is 17.3 Å². The van der Waals surface area contributed by atoms with Crippen LogP contribution in [0.25, 0.3) is 0 Å². The number of hydrogen-bond donors (Lipinski definition) is 2. The summed E-state index contributed by atoms with van der Waals surface area (Å²) in [5, 5.41) is 3.22. The van der Waals surface area contributed by atoms with Crippen molar-refractivity contribution in [1.29, 1.82) is 0 Å². The van der Waals surface area contributed by atoms with E-state index in [1.54, 1.807) is 12.1 Å². The molecule has 1 heterocycles. The Morgan fingerprint density at radius 1 is 1.33 bits per heavy atom. The van der Waals surface area contributed by atoms with Crippen LogP contribution in [0.3, 0.4) is 0 Å². The highest BCUT2D eigenvalue weighted by molar-refractivity contribution is 6.33. The molecule has 1 aromatic heterocycles. The number of anilines is 1. The predicted molar refractivity (Wildman–Crippen MR) is 76.5 cm³/mol. The molecule has 7 heteroatoms. The van der Waals surface area contributed by atoms with Crippen LogP contribution in [-0.4, -0.2) is 10.9 Å². The Labute approximate surface area is 124 Å². The van der Waals surface area contributed by atoms with E-state index in [-0.39, 0.29) is 16.1 Å². The summed E-state index contributed by atoms with van der Waals surface area (Å²) >= 11 is 5.97. The maximum atomic E-state index is 12.4. The first-order valence-electron chi connectivity index (χ1n) is 6.03. The molecule has 0 aliphatic heterocycles. The molecule has 3 N–H and O–H groups in total. The number of primary amides is 1. The van der Waals surface area contributed by atoms with Gasteiger partial charge in [-0.2, -0.15) is 0 Å². The Morgan fingerprint density at radius 2 is 2.00 bits per heavy atom. The minimum Gasteiger partial charge on any atom is -0.366 e. The Kier molecular flexibility index (Phi) is 4.70. The van der Waals surface area contributed by atoms with Crippen LogP contribution in [0.2, 0.25) is 5.02 Å². The Hall–Kier alpha value is -2.21. The summed E-state index contributed by atoms with van der Waals surface area (Å²) in [4.78, 5) is 15.0. The molecule has 21 heavy (non-hydrogen) atoms. The molecule has 1 amide bonds. The van der Waals surface area contributed by atoms with Crippen molar-refractivity contribution in [1.82, 2.24) is 4.98 Å². The van der Waals surface area contributed by atoms with Gasteiger partial charge in [-0.1, -0.05) is 35.9 Å². The van der Waals surface area contributed by atoms with E-state index < -0.39 is 12.3 Å². The number of benzene rings is 1. The second kappa shape index (κ2) is 6.49. The van der Waals surface area contributed by atoms with E-state index in [2.05, 4.69) is 10.3 Å². The zero-order chi connectivity index (χ0) is 15.4. The fraction of sp³-hybridized carbons (Fsp3) is 0.143. The van der Waals surface area contributed by atoms with Crippen LogP contribution in [0.1, 0.15) is 27.9 Å². The first kappa shape index (κ1) is 15.2. The van der Waals surface area contributed by atoms with E-state index in [1.807, 2.05) is 0 Å². The van der Waals surface area contributed by atoms with E-state index >= 15 is 0 Å². The van der Waals surface area contributed by atoms with Crippen molar-refractivity contribution in [3.8, 4) is 0 Å². The first-order chi connectivity index (χ1) is 9.97. The molecule has 110 valence electrons. The third-order valence-corrected chi connectivity index (χ3v) is 3.11. The smallest absolute Gasteiger partial charge is 0.263 e. The number of rotatable bonds is 5. The lowest BCUT2D eigenvalue weighted by molar-refractivity contribution is 0.1000. The van der Waals surface area contributed by atoms with Gasteiger partial charge in [-0.05, 0) is 11.6 Å². The molecule has 0 aliphatic rings. The van der Waals surface area contributed by atoms with E-state index in [0.29, 0.717) is 12.4 Å². The van der Waals surface area contributed by atoms with Gasteiger partial charge in [0, 0.05) is 18.3 Å². The highest BCUT2D eigenvalue weighted by Crippen LogP contribution is 2.22. The monoisotopic (exact) mass is 311 g/mol. The average molecular weight is 312 g/mol. The molecule has 0 saturated carbocycles. The van der Waals surface area contributed by atoms with Gasteiger partial charge in [-0.3, -0.25) is 4.79 Å². The summed E-state index contributed by atoms with van der Waals surface area (Å²) in [5.74, 6) is -0.224. The van der Waals surface area contributed by atoms with Crippen LogP contribution in [-0.2, 0) is 6.54 Å². The minimum absolute atomic E-state index is 0.0271. The Bertz CT molecular complexity index is 647. The quantitative estimate of drug-likeness (QED) is 0.889. The van der Waals surface area contributed by atoms with Gasteiger partial charge in [0.1, 0.15) is 5.82 Å². The van der Waals surface area contributed by atoms with Gasteiger partial charge in [0.15, 0.2) is 0 Å². The van der Waals surface area contributed by atoms with Gasteiger partial charge < -0.3 is 11.1 Å². The summed E-state index contributed by atoms with van der Waals surface area (Å²) < 4.78 is 24.8. The molecule has 0 atom stereocenters. The van der Waals surface area contributed by atoms with Crippen LogP contribution in [0.15, 0.2) is 36.5 Å². The molecule has 4 nitrogen and oxygen atoms in total. The van der Waals surface area contributed by atoms with Crippen LogP contribution in [0, 0.1) is 0 Å². The maximum Gasteiger partial charge on any atom is 0.263 e. The van der Waals surface area contributed by atoms with Crippen molar-refractivity contribution in [2.24, 2.45) is 5.73 Å². The lowest BCUT2D eigenvalue weighted by Gasteiger charge is -2.09. The third-order valence-electron chi connectivity index (χ3n) is 2.82. The number of nitrogens with one attached hydrogen (secondary N) is 1. The molecule has 0 spiro atoms. The van der Waals surface area contributed by atoms with Gasteiger partial charge in [-0.25, -0.2) is 13.8 Å². The third kappa shape index (κ3) is 3.88. The molecule has 0 fully saturated rings. The summed E-state index contributed by atoms with van der Waals surface area (Å²) in [6.07, 6.45) is -1.17. The minimum atomic E-state index is -2.48. The largest absolute Gasteiger partial charge is 0.366 e. The number of halogens is 3. The second-order valence-electron chi connectivity index (χ2n) is 4.31. The van der Waals surface area contributed by atoms with Gasteiger partial charge in [0.25, 0.3) is 6.43 Å². The lowest BCUT2D eigenvalue weighted by Crippen LogP contribution is -2.12. The summed E-state index contributed by atoms with van der Waals surface area (Å²) in [6.45, 7) is 0.367. The van der Waals surface area contributed by atoms with Crippen molar-refractivity contribution in [2.75, 3.05) is 5.32 Å². The molecular formula is C14H12ClF2N3O. The zero-order valence-electron chi connectivity index (χ0n) is 10.8. The van der Waals surface area contributed by atoms with Crippen LogP contribution in [0.4, 0.5) is 14.6 Å². The number of nitrogens with two attached hydrogens (primary N) is 1. The second-order valence-corrected chi connectivity index (χ2v) is 4.72. The molecule has 0 radical (unpaired) electrons. The number of alkyl halides is 2. The molecule has 0 bridgehead atoms. The van der Waals surface area contributed by atoms with Crippen molar-refractivity contribution >= 4 is 23.3 Å². The number of carbonyl (C=O) groups excluding carboxylic acids is 1. The maximum absolute atomic E-state index is 12.4. The highest BCUT2D eigenvalue weighted by Gasteiger charge is 2.08. The highest BCUT2D eigenvalue weighted by atomic mass is 35.5. The standard InChI is InChI=1S/C14H12ClF2N3O/c15-11-5-10(13(18)21)7-20-14(11)19-6-8-1-3-9(4-2-8)12(16)17/h1-5,7,12H,6H2,(H2,18,21)(H,19,20). The molecule has 2 aromatic rings. The van der Waals surface area contributed by atoms with Crippen LogP contribution >= 0.6 is 11.6 Å². The topological polar surface area (TPSA) is 68.0 Å². The van der Waals surface area contributed by atoms with E-state index in [9.17, 15) is 13.6 Å². The predicted octanol–water partition coefficient (Wildman–Crippen LogP) is 3.38. The van der Waals surface area contributed by atoms with Crippen molar-refractivity contribution < 1.29 is 13.6 Å². The SMILES string of the molecule is NC(=O)c1cnc(NCc2ccc(C(F)F)cc2)c(Cl)c1. The van der Waals surface area contributed by atoms with Gasteiger partial charge >= 0.3 is 0 Å². The Balaban J connectivity index is 2.04. The van der Waals surface area contributed by atoms with Gasteiger partial charge in [-0.15, -0.1) is 0 Å². The fourth-order valence-electron chi connectivity index (χ4n) is 1.67. The van der Waals surface area contributed by atoms with Crippen molar-refractivity contribution in [2.45, 2.75) is 13.0 Å². The molecule has 1 aromatic carbocycles. The van der Waals surface area contributed by atoms with E-state index in [0.717, 1.165) is 5.56 Å². The summed E-state index contributed by atoms with van der Waals surface area (Å²) in [7, 11) is 0. The van der Waals surface area contributed by atoms with E-state index in [1.165, 1.54) is 24.4 Å².